The number of amides is 1. The number of ether oxygens (including phenoxy) is 1. The molecule has 0 aromatic heterocycles. The number of nitrogens with one attached hydrogen (secondary N) is 2. The van der Waals surface area contributed by atoms with Crippen molar-refractivity contribution in [2.24, 2.45) is 0 Å². The molecule has 21 heavy (non-hydrogen) atoms. The third-order valence-electron chi connectivity index (χ3n) is 3.40. The van der Waals surface area contributed by atoms with Crippen molar-refractivity contribution in [3.8, 4) is 5.75 Å². The lowest BCUT2D eigenvalue weighted by molar-refractivity contribution is -0.118. The summed E-state index contributed by atoms with van der Waals surface area (Å²) in [6, 6.07) is 12.2. The van der Waals surface area contributed by atoms with Gasteiger partial charge >= 0.3 is 0 Å². The van der Waals surface area contributed by atoms with Gasteiger partial charge in [0, 0.05) is 12.2 Å². The van der Waals surface area contributed by atoms with Crippen molar-refractivity contribution in [1.82, 2.24) is 0 Å². The molecule has 2 aromatic carbocycles. The number of hydrogen-bond donors (Lipinski definition) is 2. The third kappa shape index (κ3) is 3.16. The van der Waals surface area contributed by atoms with Crippen LogP contribution in [0.25, 0.3) is 0 Å². The Morgan fingerprint density at radius 1 is 1.14 bits per heavy atom. The van der Waals surface area contributed by atoms with Crippen molar-refractivity contribution in [1.29, 1.82) is 0 Å². The Kier molecular flexibility index (Phi) is 3.52. The molecule has 1 amide bonds. The molecular weight excluding hydrogens is 264 g/mol. The van der Waals surface area contributed by atoms with Gasteiger partial charge in [-0.15, -0.1) is 0 Å². The number of hydrogen-bond acceptors (Lipinski definition) is 3. The highest BCUT2D eigenvalue weighted by atomic mass is 16.5. The molecule has 3 rings (SSSR count). The summed E-state index contributed by atoms with van der Waals surface area (Å²) in [5, 5.41) is 6.23. The predicted molar refractivity (Wildman–Crippen MR) is 83.8 cm³/mol. The van der Waals surface area contributed by atoms with Crippen molar-refractivity contribution < 1.29 is 9.53 Å². The van der Waals surface area contributed by atoms with Gasteiger partial charge in [0.15, 0.2) is 6.61 Å². The zero-order valence-electron chi connectivity index (χ0n) is 12.2. The first-order valence-corrected chi connectivity index (χ1v) is 6.98. The van der Waals surface area contributed by atoms with E-state index in [-0.39, 0.29) is 12.5 Å². The van der Waals surface area contributed by atoms with Gasteiger partial charge in [0.1, 0.15) is 5.75 Å². The largest absolute Gasteiger partial charge is 0.482 e. The second kappa shape index (κ2) is 5.48. The van der Waals surface area contributed by atoms with E-state index in [9.17, 15) is 4.79 Å². The van der Waals surface area contributed by atoms with Crippen LogP contribution in [0.2, 0.25) is 0 Å². The normalized spacial score (nSPS) is 13.1. The van der Waals surface area contributed by atoms with Gasteiger partial charge in [-0.25, -0.2) is 0 Å². The van der Waals surface area contributed by atoms with Crippen molar-refractivity contribution in [3.63, 3.8) is 0 Å². The topological polar surface area (TPSA) is 50.4 Å². The average molecular weight is 282 g/mol. The number of carbonyl (C=O) groups is 1. The fraction of sp³-hybridized carbons (Fsp3) is 0.235. The average Bonchev–Trinajstić information content (AvgIpc) is 2.43. The maximum atomic E-state index is 11.3. The zero-order valence-corrected chi connectivity index (χ0v) is 12.2. The van der Waals surface area contributed by atoms with Crippen LogP contribution >= 0.6 is 0 Å². The summed E-state index contributed by atoms with van der Waals surface area (Å²) in [6.07, 6.45) is 0. The highest BCUT2D eigenvalue weighted by molar-refractivity contribution is 5.95. The molecule has 1 aliphatic rings. The van der Waals surface area contributed by atoms with Gasteiger partial charge < -0.3 is 15.4 Å². The van der Waals surface area contributed by atoms with Crippen molar-refractivity contribution in [2.75, 3.05) is 17.2 Å². The molecule has 0 saturated heterocycles. The fourth-order valence-electron chi connectivity index (χ4n) is 2.52. The molecule has 0 saturated carbocycles. The minimum absolute atomic E-state index is 0.0904. The van der Waals surface area contributed by atoms with Gasteiger partial charge in [0.05, 0.1) is 5.69 Å². The molecule has 0 aliphatic carbocycles. The van der Waals surface area contributed by atoms with Gasteiger partial charge in [-0.1, -0.05) is 12.1 Å². The number of carbonyl (C=O) groups excluding carboxylic acids is 1. The van der Waals surface area contributed by atoms with E-state index in [1.54, 1.807) is 0 Å². The molecule has 1 aliphatic heterocycles. The summed E-state index contributed by atoms with van der Waals surface area (Å²) in [5.41, 5.74) is 5.42. The molecule has 0 fully saturated rings. The Bertz CT molecular complexity index is 675. The molecule has 2 N–H and O–H groups in total. The predicted octanol–water partition coefficient (Wildman–Crippen LogP) is 3.25. The second-order valence-corrected chi connectivity index (χ2v) is 5.40. The summed E-state index contributed by atoms with van der Waals surface area (Å²) in [6.45, 7) is 4.97. The minimum atomic E-state index is -0.109. The molecular formula is C17H18N2O2. The smallest absolute Gasteiger partial charge is 0.262 e. The second-order valence-electron chi connectivity index (χ2n) is 5.40. The Morgan fingerprint density at radius 3 is 2.67 bits per heavy atom. The summed E-state index contributed by atoms with van der Waals surface area (Å²) in [7, 11) is 0. The van der Waals surface area contributed by atoms with Crippen LogP contribution in [-0.2, 0) is 11.3 Å². The third-order valence-corrected chi connectivity index (χ3v) is 3.40. The summed E-state index contributed by atoms with van der Waals surface area (Å²) in [4.78, 5) is 11.3. The fourth-order valence-corrected chi connectivity index (χ4v) is 2.52. The van der Waals surface area contributed by atoms with E-state index >= 15 is 0 Å². The van der Waals surface area contributed by atoms with E-state index in [1.807, 2.05) is 18.2 Å². The van der Waals surface area contributed by atoms with Crippen LogP contribution in [-0.4, -0.2) is 12.5 Å². The first-order chi connectivity index (χ1) is 10.1. The van der Waals surface area contributed by atoms with Crippen molar-refractivity contribution in [3.05, 3.63) is 53.1 Å². The van der Waals surface area contributed by atoms with Crippen molar-refractivity contribution >= 4 is 17.3 Å². The number of benzene rings is 2. The highest BCUT2D eigenvalue weighted by Gasteiger charge is 2.15. The number of fused-ring (bicyclic) bond motifs is 1. The lowest BCUT2D eigenvalue weighted by atomic mass is 10.1. The Balaban J connectivity index is 1.73. The molecule has 0 spiro atoms. The van der Waals surface area contributed by atoms with Gasteiger partial charge in [-0.05, 0) is 54.8 Å². The van der Waals surface area contributed by atoms with Gasteiger partial charge in [-0.3, -0.25) is 4.79 Å². The molecule has 0 bridgehead atoms. The number of anilines is 2. The Labute approximate surface area is 124 Å². The summed E-state index contributed by atoms with van der Waals surface area (Å²) in [5.74, 6) is 0.617. The van der Waals surface area contributed by atoms with E-state index in [1.165, 1.54) is 11.1 Å². The van der Waals surface area contributed by atoms with E-state index in [0.29, 0.717) is 6.54 Å². The van der Waals surface area contributed by atoms with Gasteiger partial charge in [0.2, 0.25) is 0 Å². The SMILES string of the molecule is Cc1cc(C)cc(NCc2ccc3c(c2)NC(=O)CO3)c1. The van der Waals surface area contributed by atoms with Crippen LogP contribution in [0, 0.1) is 13.8 Å². The van der Waals surface area contributed by atoms with Crippen LogP contribution in [0.1, 0.15) is 16.7 Å². The van der Waals surface area contributed by atoms with Crippen LogP contribution in [0.5, 0.6) is 5.75 Å². The standard InChI is InChI=1S/C17H18N2O2/c1-11-5-12(2)7-14(6-11)18-9-13-3-4-16-15(8-13)19-17(20)10-21-16/h3-8,18H,9-10H2,1-2H3,(H,19,20). The quantitative estimate of drug-likeness (QED) is 0.908. The summed E-state index contributed by atoms with van der Waals surface area (Å²) >= 11 is 0. The maximum Gasteiger partial charge on any atom is 0.262 e. The molecule has 2 aromatic rings. The van der Waals surface area contributed by atoms with E-state index in [0.717, 1.165) is 22.7 Å². The molecule has 1 heterocycles. The minimum Gasteiger partial charge on any atom is -0.482 e. The lowest BCUT2D eigenvalue weighted by Crippen LogP contribution is -2.25. The number of rotatable bonds is 3. The van der Waals surface area contributed by atoms with E-state index < -0.39 is 0 Å². The van der Waals surface area contributed by atoms with E-state index in [2.05, 4.69) is 42.7 Å². The van der Waals surface area contributed by atoms with Crippen LogP contribution in [0.15, 0.2) is 36.4 Å². The van der Waals surface area contributed by atoms with Crippen LogP contribution < -0.4 is 15.4 Å². The monoisotopic (exact) mass is 282 g/mol. The van der Waals surface area contributed by atoms with Gasteiger partial charge in [0.25, 0.3) is 5.91 Å². The van der Waals surface area contributed by atoms with Crippen LogP contribution in [0.4, 0.5) is 11.4 Å². The Morgan fingerprint density at radius 2 is 1.90 bits per heavy atom. The summed E-state index contributed by atoms with van der Waals surface area (Å²) < 4.78 is 5.35. The molecule has 0 atom stereocenters. The molecule has 4 heteroatoms. The Hall–Kier alpha value is -2.49. The van der Waals surface area contributed by atoms with Gasteiger partial charge in [-0.2, -0.15) is 0 Å². The van der Waals surface area contributed by atoms with Crippen LogP contribution in [0.3, 0.4) is 0 Å². The molecule has 0 radical (unpaired) electrons. The maximum absolute atomic E-state index is 11.3. The molecule has 0 unspecified atom stereocenters. The highest BCUT2D eigenvalue weighted by Crippen LogP contribution is 2.28. The van der Waals surface area contributed by atoms with Crippen molar-refractivity contribution in [2.45, 2.75) is 20.4 Å². The molecule has 4 nitrogen and oxygen atoms in total. The number of aryl methyl sites for hydroxylation is 2. The first kappa shape index (κ1) is 13.5. The first-order valence-electron chi connectivity index (χ1n) is 6.98. The molecule has 108 valence electrons. The lowest BCUT2D eigenvalue weighted by Gasteiger charge is -2.18. The van der Waals surface area contributed by atoms with E-state index in [4.69, 9.17) is 4.74 Å². The zero-order chi connectivity index (χ0) is 14.8.